The third-order valence-corrected chi connectivity index (χ3v) is 0.583. The molecule has 9 heavy (non-hydrogen) atoms. The van der Waals surface area contributed by atoms with E-state index in [9.17, 15) is 12.9 Å². The summed E-state index contributed by atoms with van der Waals surface area (Å²) in [5.41, 5.74) is 0. The van der Waals surface area contributed by atoms with Crippen LogP contribution < -0.4 is 51.4 Å². The summed E-state index contributed by atoms with van der Waals surface area (Å²) in [5, 5.41) is 7.69. The summed E-state index contributed by atoms with van der Waals surface area (Å²) in [6.45, 7) is -4.72. The number of hydrogen-bond acceptors (Lipinski definition) is 1. The van der Waals surface area contributed by atoms with Gasteiger partial charge in [-0.25, -0.2) is 0 Å². The molecule has 0 rings (SSSR count). The summed E-state index contributed by atoms with van der Waals surface area (Å²) >= 11 is 0. The molecule has 0 aliphatic heterocycles. The van der Waals surface area contributed by atoms with E-state index in [1.165, 1.54) is 6.07 Å². The van der Waals surface area contributed by atoms with E-state index in [1.54, 1.807) is 0 Å². The van der Waals surface area contributed by atoms with Crippen LogP contribution >= 0.6 is 0 Å². The van der Waals surface area contributed by atoms with Crippen molar-refractivity contribution in [3.63, 3.8) is 0 Å². The van der Waals surface area contributed by atoms with Crippen molar-refractivity contribution in [3.8, 4) is 6.07 Å². The second-order valence-electron chi connectivity index (χ2n) is 1.41. The Hall–Kier alpha value is 0.981. The molecule has 0 aromatic heterocycles. The van der Waals surface area contributed by atoms with Crippen molar-refractivity contribution in [2.24, 2.45) is 0 Å². The van der Waals surface area contributed by atoms with Gasteiger partial charge in [-0.2, -0.15) is 5.26 Å². The van der Waals surface area contributed by atoms with E-state index < -0.39 is 19.7 Å². The Balaban J connectivity index is 0. The van der Waals surface area contributed by atoms with Crippen LogP contribution in [0.1, 0.15) is 6.42 Å². The molecule has 0 aliphatic carbocycles. The first-order valence-electron chi connectivity index (χ1n) is 2.14. The molecule has 0 atom stereocenters. The SMILES string of the molecule is N#CCC[B-](F)(F)F.[K+]. The van der Waals surface area contributed by atoms with Crippen LogP contribution in [0, 0.1) is 11.3 Å². The number of nitrogens with zero attached hydrogens (tertiary/aromatic N) is 1. The van der Waals surface area contributed by atoms with Crippen molar-refractivity contribution in [2.45, 2.75) is 12.7 Å². The van der Waals surface area contributed by atoms with Gasteiger partial charge >= 0.3 is 58.4 Å². The van der Waals surface area contributed by atoms with E-state index in [0.29, 0.717) is 0 Å². The molecule has 0 saturated heterocycles. The van der Waals surface area contributed by atoms with Gasteiger partial charge in [0.1, 0.15) is 0 Å². The molecule has 0 amide bonds. The molecule has 0 spiro atoms. The van der Waals surface area contributed by atoms with Crippen LogP contribution in [0.15, 0.2) is 0 Å². The molecular weight excluding hydrogens is 157 g/mol. The van der Waals surface area contributed by atoms with Crippen molar-refractivity contribution in [2.75, 3.05) is 0 Å². The average Bonchev–Trinajstić information content (AvgIpc) is 1.59. The van der Waals surface area contributed by atoms with E-state index >= 15 is 0 Å². The van der Waals surface area contributed by atoms with Gasteiger partial charge in [-0.05, 0) is 0 Å². The van der Waals surface area contributed by atoms with E-state index in [1.807, 2.05) is 0 Å². The van der Waals surface area contributed by atoms with Gasteiger partial charge in [0.25, 0.3) is 0 Å². The molecular formula is C3H4BF3KN. The standard InChI is InChI=1S/C3H4BF3N.K/c5-4(6,7)2-1-3-8;/h1-2H2;/q-1;+1. The van der Waals surface area contributed by atoms with Crippen molar-refractivity contribution in [1.82, 2.24) is 0 Å². The fourth-order valence-corrected chi connectivity index (χ4v) is 0.228. The first kappa shape index (κ1) is 12.6. The fourth-order valence-electron chi connectivity index (χ4n) is 0.228. The van der Waals surface area contributed by atoms with Crippen LogP contribution in [0.3, 0.4) is 0 Å². The van der Waals surface area contributed by atoms with Crippen molar-refractivity contribution < 1.29 is 64.3 Å². The third-order valence-electron chi connectivity index (χ3n) is 0.583. The van der Waals surface area contributed by atoms with Gasteiger partial charge in [0.15, 0.2) is 0 Å². The monoisotopic (exact) mass is 161 g/mol. The fraction of sp³-hybridized carbons (Fsp3) is 0.667. The average molecular weight is 161 g/mol. The molecule has 0 aromatic carbocycles. The second kappa shape index (κ2) is 5.74. The van der Waals surface area contributed by atoms with Crippen LogP contribution in [0.4, 0.5) is 12.9 Å². The van der Waals surface area contributed by atoms with E-state index in [0.717, 1.165) is 0 Å². The van der Waals surface area contributed by atoms with Gasteiger partial charge in [0.05, 0.1) is 6.07 Å². The summed E-state index contributed by atoms with van der Waals surface area (Å²) < 4.78 is 33.5. The van der Waals surface area contributed by atoms with E-state index in [-0.39, 0.29) is 51.4 Å². The van der Waals surface area contributed by atoms with Crippen LogP contribution in [-0.2, 0) is 0 Å². The maximum Gasteiger partial charge on any atom is 1.00 e. The topological polar surface area (TPSA) is 23.8 Å². The Morgan fingerprint density at radius 2 is 1.78 bits per heavy atom. The summed E-state index contributed by atoms with van der Waals surface area (Å²) in [5.74, 6) is 0. The minimum absolute atomic E-state index is 0. The molecule has 0 saturated carbocycles. The molecule has 0 heterocycles. The summed E-state index contributed by atoms with van der Waals surface area (Å²) in [6.07, 6.45) is -1.35. The second-order valence-corrected chi connectivity index (χ2v) is 1.41. The van der Waals surface area contributed by atoms with E-state index in [4.69, 9.17) is 5.26 Å². The molecule has 0 fully saturated rings. The van der Waals surface area contributed by atoms with Crippen molar-refractivity contribution in [1.29, 1.82) is 5.26 Å². The zero-order valence-corrected chi connectivity index (χ0v) is 8.20. The first-order valence-corrected chi connectivity index (χ1v) is 2.14. The van der Waals surface area contributed by atoms with Gasteiger partial charge in [0.2, 0.25) is 0 Å². The molecule has 1 nitrogen and oxygen atoms in total. The Bertz CT molecular complexity index is 107. The molecule has 0 radical (unpaired) electrons. The van der Waals surface area contributed by atoms with E-state index in [2.05, 4.69) is 0 Å². The molecule has 0 bridgehead atoms. The maximum atomic E-state index is 11.2. The minimum atomic E-state index is -4.72. The van der Waals surface area contributed by atoms with Gasteiger partial charge in [-0.1, -0.05) is 6.32 Å². The third kappa shape index (κ3) is 12.2. The quantitative estimate of drug-likeness (QED) is 0.464. The minimum Gasteiger partial charge on any atom is -0.449 e. The van der Waals surface area contributed by atoms with Gasteiger partial charge in [0, 0.05) is 6.42 Å². The number of halogens is 3. The Labute approximate surface area is 94.1 Å². The first-order chi connectivity index (χ1) is 3.56. The van der Waals surface area contributed by atoms with Gasteiger partial charge in [-0.3, -0.25) is 0 Å². The molecule has 46 valence electrons. The molecule has 0 aliphatic rings. The Morgan fingerprint density at radius 3 is 1.89 bits per heavy atom. The van der Waals surface area contributed by atoms with Crippen LogP contribution in [-0.4, -0.2) is 6.98 Å². The molecule has 6 heteroatoms. The maximum absolute atomic E-state index is 11.2. The predicted molar refractivity (Wildman–Crippen MR) is 24.1 cm³/mol. The molecule has 0 unspecified atom stereocenters. The zero-order valence-electron chi connectivity index (χ0n) is 5.07. The Morgan fingerprint density at radius 1 is 1.33 bits per heavy atom. The number of rotatable bonds is 2. The molecule has 0 aromatic rings. The number of hydrogen-bond donors (Lipinski definition) is 0. The molecule has 0 N–H and O–H groups in total. The smallest absolute Gasteiger partial charge is 0.449 e. The van der Waals surface area contributed by atoms with Gasteiger partial charge in [-0.15, -0.1) is 0 Å². The Kier molecular flexibility index (Phi) is 8.06. The van der Waals surface area contributed by atoms with Crippen molar-refractivity contribution in [3.05, 3.63) is 0 Å². The van der Waals surface area contributed by atoms with Crippen LogP contribution in [0.5, 0.6) is 0 Å². The van der Waals surface area contributed by atoms with Crippen LogP contribution in [0.2, 0.25) is 6.32 Å². The summed E-state index contributed by atoms with van der Waals surface area (Å²) in [4.78, 5) is 0. The summed E-state index contributed by atoms with van der Waals surface area (Å²) in [7, 11) is 0. The summed E-state index contributed by atoms with van der Waals surface area (Å²) in [6, 6.07) is 1.42. The van der Waals surface area contributed by atoms with Crippen LogP contribution in [0.25, 0.3) is 0 Å². The van der Waals surface area contributed by atoms with Crippen molar-refractivity contribution >= 4 is 6.98 Å². The largest absolute Gasteiger partial charge is 1.00 e. The number of nitriles is 1. The zero-order chi connectivity index (χ0) is 6.62. The normalized spacial score (nSPS) is 9.56. The predicted octanol–water partition coefficient (Wildman–Crippen LogP) is -1.25. The van der Waals surface area contributed by atoms with Gasteiger partial charge < -0.3 is 12.9 Å².